The third-order valence-corrected chi connectivity index (χ3v) is 6.36. The topological polar surface area (TPSA) is 58.2 Å². The molecule has 5 heteroatoms. The minimum absolute atomic E-state index is 0.397. The van der Waals surface area contributed by atoms with Crippen LogP contribution in [0.15, 0.2) is 23.1 Å². The summed E-state index contributed by atoms with van der Waals surface area (Å²) in [5.41, 5.74) is 2.30. The maximum Gasteiger partial charge on any atom is 0.240 e. The summed E-state index contributed by atoms with van der Waals surface area (Å²) < 4.78 is 27.7. The van der Waals surface area contributed by atoms with E-state index in [4.69, 9.17) is 0 Å². The Labute approximate surface area is 127 Å². The Morgan fingerprint density at radius 3 is 2.76 bits per heavy atom. The molecule has 4 nitrogen and oxygen atoms in total. The van der Waals surface area contributed by atoms with Crippen molar-refractivity contribution in [2.75, 3.05) is 6.54 Å². The molecule has 1 aromatic carbocycles. The highest BCUT2D eigenvalue weighted by atomic mass is 32.2. The zero-order valence-electron chi connectivity index (χ0n) is 12.6. The molecule has 0 saturated heterocycles. The van der Waals surface area contributed by atoms with Gasteiger partial charge in [0.1, 0.15) is 0 Å². The molecule has 1 heterocycles. The van der Waals surface area contributed by atoms with Gasteiger partial charge in [0.2, 0.25) is 10.0 Å². The normalized spacial score (nSPS) is 25.8. The smallest absolute Gasteiger partial charge is 0.240 e. The van der Waals surface area contributed by atoms with E-state index >= 15 is 0 Å². The Morgan fingerprint density at radius 2 is 1.95 bits per heavy atom. The van der Waals surface area contributed by atoms with E-state index in [1.807, 2.05) is 12.1 Å². The van der Waals surface area contributed by atoms with Crippen LogP contribution in [0.2, 0.25) is 0 Å². The zero-order chi connectivity index (χ0) is 14.9. The first kappa shape index (κ1) is 15.0. The van der Waals surface area contributed by atoms with Crippen LogP contribution in [0, 0.1) is 11.8 Å². The second-order valence-corrected chi connectivity index (χ2v) is 8.17. The predicted molar refractivity (Wildman–Crippen MR) is 83.3 cm³/mol. The van der Waals surface area contributed by atoms with Gasteiger partial charge >= 0.3 is 0 Å². The Kier molecular flexibility index (Phi) is 4.33. The van der Waals surface area contributed by atoms with Crippen LogP contribution in [-0.4, -0.2) is 15.0 Å². The summed E-state index contributed by atoms with van der Waals surface area (Å²) in [6.45, 7) is 4.40. The highest BCUT2D eigenvalue weighted by Crippen LogP contribution is 2.29. The van der Waals surface area contributed by atoms with E-state index in [1.54, 1.807) is 6.07 Å². The number of rotatable bonds is 4. The van der Waals surface area contributed by atoms with Crippen molar-refractivity contribution in [3.8, 4) is 0 Å². The molecule has 1 saturated carbocycles. The molecule has 2 atom stereocenters. The fourth-order valence-corrected chi connectivity index (χ4v) is 4.58. The lowest BCUT2D eigenvalue weighted by atomic mass is 9.81. The van der Waals surface area contributed by atoms with Crippen LogP contribution in [-0.2, 0) is 23.1 Å². The van der Waals surface area contributed by atoms with Crippen molar-refractivity contribution in [1.29, 1.82) is 0 Å². The Hall–Kier alpha value is -0.910. The zero-order valence-corrected chi connectivity index (χ0v) is 13.4. The maximum absolute atomic E-state index is 12.4. The molecule has 0 spiro atoms. The Bertz CT molecular complexity index is 613. The summed E-state index contributed by atoms with van der Waals surface area (Å²) in [6.07, 6.45) is 4.86. The van der Waals surface area contributed by atoms with Gasteiger partial charge in [-0.05, 0) is 41.5 Å². The van der Waals surface area contributed by atoms with Crippen molar-refractivity contribution in [3.63, 3.8) is 0 Å². The largest absolute Gasteiger partial charge is 0.309 e. The molecule has 2 aliphatic rings. The van der Waals surface area contributed by atoms with Crippen LogP contribution in [0.4, 0.5) is 0 Å². The van der Waals surface area contributed by atoms with Gasteiger partial charge in [-0.2, -0.15) is 0 Å². The molecule has 21 heavy (non-hydrogen) atoms. The van der Waals surface area contributed by atoms with Crippen LogP contribution in [0.3, 0.4) is 0 Å². The first-order chi connectivity index (χ1) is 10.1. The molecule has 1 aromatic rings. The van der Waals surface area contributed by atoms with Gasteiger partial charge < -0.3 is 5.32 Å². The summed E-state index contributed by atoms with van der Waals surface area (Å²) in [7, 11) is -3.38. The second-order valence-electron chi connectivity index (χ2n) is 6.41. The molecule has 0 amide bonds. The van der Waals surface area contributed by atoms with Crippen molar-refractivity contribution >= 4 is 10.0 Å². The molecule has 3 rings (SSSR count). The highest BCUT2D eigenvalue weighted by Gasteiger charge is 2.24. The molecule has 1 aliphatic heterocycles. The van der Waals surface area contributed by atoms with E-state index in [1.165, 1.54) is 24.8 Å². The minimum atomic E-state index is -3.38. The van der Waals surface area contributed by atoms with Crippen LogP contribution in [0.5, 0.6) is 0 Å². The van der Waals surface area contributed by atoms with Gasteiger partial charge in [0.15, 0.2) is 0 Å². The van der Waals surface area contributed by atoms with Gasteiger partial charge in [-0.3, -0.25) is 0 Å². The van der Waals surface area contributed by atoms with Gasteiger partial charge in [-0.25, -0.2) is 13.1 Å². The summed E-state index contributed by atoms with van der Waals surface area (Å²) in [5, 5.41) is 3.24. The average Bonchev–Trinajstić information content (AvgIpc) is 2.94. The van der Waals surface area contributed by atoms with E-state index in [2.05, 4.69) is 17.0 Å². The van der Waals surface area contributed by atoms with Gasteiger partial charge in [0.05, 0.1) is 4.90 Å². The van der Waals surface area contributed by atoms with Gasteiger partial charge in [-0.1, -0.05) is 32.3 Å². The second kappa shape index (κ2) is 6.07. The van der Waals surface area contributed by atoms with Crippen LogP contribution < -0.4 is 10.0 Å². The molecular weight excluding hydrogens is 284 g/mol. The molecule has 1 aliphatic carbocycles. The molecule has 2 N–H and O–H groups in total. The monoisotopic (exact) mass is 308 g/mol. The van der Waals surface area contributed by atoms with Crippen LogP contribution in [0.1, 0.15) is 43.7 Å². The maximum atomic E-state index is 12.4. The summed E-state index contributed by atoms with van der Waals surface area (Å²) in [5.74, 6) is 1.09. The van der Waals surface area contributed by atoms with E-state index in [9.17, 15) is 8.42 Å². The summed E-state index contributed by atoms with van der Waals surface area (Å²) in [4.78, 5) is 0.397. The quantitative estimate of drug-likeness (QED) is 0.898. The number of hydrogen-bond donors (Lipinski definition) is 2. The third-order valence-electron chi connectivity index (χ3n) is 4.94. The van der Waals surface area contributed by atoms with E-state index < -0.39 is 10.0 Å². The Morgan fingerprint density at radius 1 is 1.19 bits per heavy atom. The number of hydrogen-bond acceptors (Lipinski definition) is 3. The molecule has 0 bridgehead atoms. The lowest BCUT2D eigenvalue weighted by Gasteiger charge is -2.28. The molecule has 0 aromatic heterocycles. The number of sulfonamides is 1. The van der Waals surface area contributed by atoms with Crippen LogP contribution in [0.25, 0.3) is 0 Å². The molecule has 1 fully saturated rings. The minimum Gasteiger partial charge on any atom is -0.309 e. The van der Waals surface area contributed by atoms with E-state index in [-0.39, 0.29) is 0 Å². The van der Waals surface area contributed by atoms with E-state index in [0.29, 0.717) is 23.3 Å². The first-order valence-corrected chi connectivity index (χ1v) is 9.37. The van der Waals surface area contributed by atoms with Gasteiger partial charge in [-0.15, -0.1) is 0 Å². The fraction of sp³-hybridized carbons (Fsp3) is 0.625. The molecular formula is C16H24N2O2S. The average molecular weight is 308 g/mol. The van der Waals surface area contributed by atoms with E-state index in [0.717, 1.165) is 25.1 Å². The Balaban J connectivity index is 1.69. The van der Waals surface area contributed by atoms with Crippen molar-refractivity contribution < 1.29 is 8.42 Å². The SMILES string of the molecule is CC1CCCCC1CNS(=O)(=O)c1ccc2c(c1)CNC2. The van der Waals surface area contributed by atoms with Crippen molar-refractivity contribution in [2.24, 2.45) is 11.8 Å². The standard InChI is InChI=1S/C16H24N2O2S/c1-12-4-2-3-5-13(12)11-18-21(19,20)16-7-6-14-9-17-10-15(14)8-16/h6-8,12-13,17-18H,2-5,9-11H2,1H3. The van der Waals surface area contributed by atoms with Gasteiger partial charge in [0.25, 0.3) is 0 Å². The molecule has 0 radical (unpaired) electrons. The van der Waals surface area contributed by atoms with Crippen molar-refractivity contribution in [3.05, 3.63) is 29.3 Å². The molecule has 2 unspecified atom stereocenters. The number of benzene rings is 1. The van der Waals surface area contributed by atoms with Gasteiger partial charge in [0, 0.05) is 19.6 Å². The third kappa shape index (κ3) is 3.30. The molecule has 116 valence electrons. The highest BCUT2D eigenvalue weighted by molar-refractivity contribution is 7.89. The summed E-state index contributed by atoms with van der Waals surface area (Å²) in [6, 6.07) is 5.45. The first-order valence-electron chi connectivity index (χ1n) is 7.88. The lowest BCUT2D eigenvalue weighted by molar-refractivity contribution is 0.257. The summed E-state index contributed by atoms with van der Waals surface area (Å²) >= 11 is 0. The lowest BCUT2D eigenvalue weighted by Crippen LogP contribution is -2.33. The predicted octanol–water partition coefficient (Wildman–Crippen LogP) is 2.39. The van der Waals surface area contributed by atoms with Crippen molar-refractivity contribution in [1.82, 2.24) is 10.0 Å². The fourth-order valence-electron chi connectivity index (χ4n) is 3.43. The number of nitrogens with one attached hydrogen (secondary N) is 2. The van der Waals surface area contributed by atoms with Crippen LogP contribution >= 0.6 is 0 Å². The number of fused-ring (bicyclic) bond motifs is 1. The van der Waals surface area contributed by atoms with Crippen molar-refractivity contribution in [2.45, 2.75) is 50.6 Å².